The van der Waals surface area contributed by atoms with E-state index in [0.29, 0.717) is 12.1 Å². The Labute approximate surface area is 122 Å². The van der Waals surface area contributed by atoms with Crippen LogP contribution in [0.5, 0.6) is 0 Å². The van der Waals surface area contributed by atoms with Gasteiger partial charge in [0.1, 0.15) is 6.04 Å². The fraction of sp³-hybridized carbons (Fsp3) is 0.300. The Hall–Kier alpha value is -1.36. The molecule has 0 fully saturated rings. The van der Waals surface area contributed by atoms with E-state index in [2.05, 4.69) is 0 Å². The van der Waals surface area contributed by atoms with Crippen LogP contribution in [0.4, 0.5) is 13.2 Å². The number of aliphatic carboxylic acids is 1. The lowest BCUT2D eigenvalue weighted by atomic mass is 10.2. The van der Waals surface area contributed by atoms with Gasteiger partial charge in [-0.1, -0.05) is 11.6 Å². The summed E-state index contributed by atoms with van der Waals surface area (Å²) in [7, 11) is -4.82. The van der Waals surface area contributed by atoms with Crippen LogP contribution in [0.25, 0.3) is 0 Å². The summed E-state index contributed by atoms with van der Waals surface area (Å²) in [5.41, 5.74) is -1.54. The van der Waals surface area contributed by atoms with Crippen molar-refractivity contribution in [3.05, 3.63) is 28.8 Å². The summed E-state index contributed by atoms with van der Waals surface area (Å²) in [5.74, 6) is -1.73. The van der Waals surface area contributed by atoms with Crippen LogP contribution in [0.2, 0.25) is 5.02 Å². The van der Waals surface area contributed by atoms with Gasteiger partial charge in [0.05, 0.1) is 17.1 Å². The number of aliphatic hydroxyl groups excluding tert-OH is 1. The number of nitrogens with one attached hydrogen (secondary N) is 1. The second-order valence-electron chi connectivity index (χ2n) is 3.83. The second kappa shape index (κ2) is 6.18. The van der Waals surface area contributed by atoms with Crippen molar-refractivity contribution in [2.45, 2.75) is 17.1 Å². The summed E-state index contributed by atoms with van der Waals surface area (Å²) in [5, 5.41) is 17.0. The first kappa shape index (κ1) is 17.7. The van der Waals surface area contributed by atoms with Crippen molar-refractivity contribution >= 4 is 27.6 Å². The number of rotatable bonds is 5. The Morgan fingerprint density at radius 2 is 1.95 bits per heavy atom. The number of aliphatic hydroxyl groups is 1. The Morgan fingerprint density at radius 3 is 2.38 bits per heavy atom. The number of hydrogen-bond acceptors (Lipinski definition) is 4. The molecule has 11 heteroatoms. The van der Waals surface area contributed by atoms with E-state index in [1.807, 2.05) is 0 Å². The van der Waals surface area contributed by atoms with Crippen LogP contribution in [0.15, 0.2) is 23.1 Å². The lowest BCUT2D eigenvalue weighted by Gasteiger charge is -2.16. The highest BCUT2D eigenvalue weighted by Crippen LogP contribution is 2.35. The first-order valence-corrected chi connectivity index (χ1v) is 7.08. The van der Waals surface area contributed by atoms with Gasteiger partial charge in [-0.05, 0) is 18.2 Å². The largest absolute Gasteiger partial charge is 0.480 e. The Balaban J connectivity index is 3.35. The fourth-order valence-corrected chi connectivity index (χ4v) is 2.93. The molecule has 0 aliphatic rings. The molecule has 21 heavy (non-hydrogen) atoms. The maximum Gasteiger partial charge on any atom is 0.417 e. The van der Waals surface area contributed by atoms with Gasteiger partial charge in [0.25, 0.3) is 0 Å². The highest BCUT2D eigenvalue weighted by molar-refractivity contribution is 7.89. The van der Waals surface area contributed by atoms with E-state index in [1.54, 1.807) is 0 Å². The first-order chi connectivity index (χ1) is 9.49. The van der Waals surface area contributed by atoms with E-state index in [9.17, 15) is 26.4 Å². The van der Waals surface area contributed by atoms with Gasteiger partial charge in [-0.2, -0.15) is 17.9 Å². The van der Waals surface area contributed by atoms with Gasteiger partial charge in [0.15, 0.2) is 0 Å². The molecule has 0 spiro atoms. The van der Waals surface area contributed by atoms with Crippen LogP contribution >= 0.6 is 11.6 Å². The van der Waals surface area contributed by atoms with Crippen LogP contribution in [-0.4, -0.2) is 37.2 Å². The second-order valence-corrected chi connectivity index (χ2v) is 5.95. The molecule has 0 radical (unpaired) electrons. The molecule has 3 N–H and O–H groups in total. The summed E-state index contributed by atoms with van der Waals surface area (Å²) in [6, 6.07) is -0.0407. The number of carboxylic acids is 1. The molecule has 0 aliphatic heterocycles. The number of sulfonamides is 1. The SMILES string of the molecule is O=C(O)[C@@H](CO)NS(=O)(=O)c1ccc(Cl)cc1C(F)(F)F. The summed E-state index contributed by atoms with van der Waals surface area (Å²) in [6.07, 6.45) is -5.01. The molecule has 1 aromatic rings. The summed E-state index contributed by atoms with van der Waals surface area (Å²) < 4.78 is 63.6. The molecule has 0 saturated carbocycles. The third-order valence-electron chi connectivity index (χ3n) is 2.31. The predicted molar refractivity (Wildman–Crippen MR) is 65.3 cm³/mol. The molecule has 6 nitrogen and oxygen atoms in total. The molecule has 1 atom stereocenters. The molecular formula is C10H9ClF3NO5S. The van der Waals surface area contributed by atoms with Gasteiger partial charge in [-0.3, -0.25) is 4.79 Å². The number of carboxylic acid groups (broad SMARTS) is 1. The van der Waals surface area contributed by atoms with Gasteiger partial charge in [-0.25, -0.2) is 8.42 Å². The highest BCUT2D eigenvalue weighted by Gasteiger charge is 2.38. The van der Waals surface area contributed by atoms with Crippen LogP contribution in [0.3, 0.4) is 0 Å². The lowest BCUT2D eigenvalue weighted by molar-refractivity contribution is -0.140. The molecule has 0 saturated heterocycles. The Morgan fingerprint density at radius 1 is 1.38 bits per heavy atom. The summed E-state index contributed by atoms with van der Waals surface area (Å²) in [4.78, 5) is 9.46. The van der Waals surface area contributed by atoms with Gasteiger partial charge in [0, 0.05) is 5.02 Å². The number of benzene rings is 1. The van der Waals surface area contributed by atoms with Crippen LogP contribution in [0, 0.1) is 0 Å². The van der Waals surface area contributed by atoms with E-state index in [4.69, 9.17) is 21.8 Å². The van der Waals surface area contributed by atoms with E-state index in [0.717, 1.165) is 6.07 Å². The quantitative estimate of drug-likeness (QED) is 0.739. The number of hydrogen-bond donors (Lipinski definition) is 3. The maximum atomic E-state index is 12.8. The van der Waals surface area contributed by atoms with Crippen molar-refractivity contribution in [3.8, 4) is 0 Å². The topological polar surface area (TPSA) is 104 Å². The molecular weight excluding hydrogens is 339 g/mol. The highest BCUT2D eigenvalue weighted by atomic mass is 35.5. The zero-order valence-corrected chi connectivity index (χ0v) is 11.6. The standard InChI is InChI=1S/C10H9ClF3NO5S/c11-5-1-2-8(6(3-5)10(12,13)14)21(19,20)15-7(4-16)9(17)18/h1-3,7,15-16H,4H2,(H,17,18)/t7-/m1/s1. The molecule has 0 amide bonds. The zero-order valence-electron chi connectivity index (χ0n) is 10.1. The van der Waals surface area contributed by atoms with Gasteiger partial charge in [0.2, 0.25) is 10.0 Å². The third kappa shape index (κ3) is 4.30. The first-order valence-electron chi connectivity index (χ1n) is 5.22. The van der Waals surface area contributed by atoms with Gasteiger partial charge in [-0.15, -0.1) is 0 Å². The van der Waals surface area contributed by atoms with Crippen molar-refractivity contribution in [1.82, 2.24) is 4.72 Å². The summed E-state index contributed by atoms with van der Waals surface area (Å²) in [6.45, 7) is -1.12. The normalized spacial score (nSPS) is 14.0. The minimum absolute atomic E-state index is 0.335. The smallest absolute Gasteiger partial charge is 0.417 e. The molecule has 1 rings (SSSR count). The molecule has 0 heterocycles. The molecule has 118 valence electrons. The van der Waals surface area contributed by atoms with Gasteiger partial charge < -0.3 is 10.2 Å². The number of halogens is 4. The van der Waals surface area contributed by atoms with E-state index in [1.165, 1.54) is 4.72 Å². The van der Waals surface area contributed by atoms with Crippen molar-refractivity contribution in [1.29, 1.82) is 0 Å². The number of alkyl halides is 3. The lowest BCUT2D eigenvalue weighted by Crippen LogP contribution is -2.43. The molecule has 0 unspecified atom stereocenters. The average molecular weight is 348 g/mol. The summed E-state index contributed by atoms with van der Waals surface area (Å²) >= 11 is 5.41. The van der Waals surface area contributed by atoms with Crippen LogP contribution in [0.1, 0.15) is 5.56 Å². The van der Waals surface area contributed by atoms with Crippen LogP contribution in [-0.2, 0) is 21.0 Å². The molecule has 0 bridgehead atoms. The van der Waals surface area contributed by atoms with E-state index in [-0.39, 0.29) is 5.02 Å². The zero-order chi connectivity index (χ0) is 16.4. The van der Waals surface area contributed by atoms with Crippen molar-refractivity contribution < 1.29 is 36.6 Å². The Bertz CT molecular complexity index is 647. The minimum atomic E-state index is -5.01. The predicted octanol–water partition coefficient (Wildman–Crippen LogP) is 1.08. The molecule has 0 aliphatic carbocycles. The minimum Gasteiger partial charge on any atom is -0.480 e. The average Bonchev–Trinajstić information content (AvgIpc) is 2.34. The van der Waals surface area contributed by atoms with Crippen molar-refractivity contribution in [2.75, 3.05) is 6.61 Å². The van der Waals surface area contributed by atoms with E-state index >= 15 is 0 Å². The van der Waals surface area contributed by atoms with Gasteiger partial charge >= 0.3 is 12.1 Å². The third-order valence-corrected chi connectivity index (χ3v) is 4.08. The maximum absolute atomic E-state index is 12.8. The Kier molecular flexibility index (Phi) is 5.20. The molecule has 0 aromatic heterocycles. The van der Waals surface area contributed by atoms with Crippen LogP contribution < -0.4 is 4.72 Å². The van der Waals surface area contributed by atoms with E-state index < -0.39 is 45.3 Å². The monoisotopic (exact) mass is 347 g/mol. The van der Waals surface area contributed by atoms with Crippen molar-refractivity contribution in [3.63, 3.8) is 0 Å². The fourth-order valence-electron chi connectivity index (χ4n) is 1.37. The van der Waals surface area contributed by atoms with Crippen molar-refractivity contribution in [2.24, 2.45) is 0 Å². The number of carbonyl (C=O) groups is 1. The molecule has 1 aromatic carbocycles.